The van der Waals surface area contributed by atoms with Gasteiger partial charge in [0, 0.05) is 46.1 Å². The van der Waals surface area contributed by atoms with Gasteiger partial charge in [0.2, 0.25) is 0 Å². The fraction of sp³-hybridized carbons (Fsp3) is 0.304. The highest BCUT2D eigenvalue weighted by atomic mass is 16.6. The number of carboxylic acid groups (broad SMARTS) is 1. The van der Waals surface area contributed by atoms with Gasteiger partial charge >= 0.3 is 5.97 Å². The van der Waals surface area contributed by atoms with E-state index in [1.807, 2.05) is 20.8 Å². The molecule has 2 aromatic carbocycles. The molecule has 0 saturated carbocycles. The number of nitrogens with one attached hydrogen (secondary N) is 1. The first-order valence-corrected chi connectivity index (χ1v) is 9.91. The van der Waals surface area contributed by atoms with Crippen LogP contribution in [0.2, 0.25) is 0 Å². The Morgan fingerprint density at radius 1 is 1.17 bits per heavy atom. The van der Waals surface area contributed by atoms with Crippen molar-refractivity contribution in [3.05, 3.63) is 74.5 Å². The summed E-state index contributed by atoms with van der Waals surface area (Å²) in [5.41, 5.74) is 2.99. The lowest BCUT2D eigenvalue weighted by atomic mass is 9.91. The number of hydrogen-bond donors (Lipinski definition) is 2. The Morgan fingerprint density at radius 2 is 1.87 bits per heavy atom. The summed E-state index contributed by atoms with van der Waals surface area (Å²) >= 11 is 0. The predicted octanol–water partition coefficient (Wildman–Crippen LogP) is 5.16. The van der Waals surface area contributed by atoms with Gasteiger partial charge in [-0.25, -0.2) is 4.79 Å². The van der Waals surface area contributed by atoms with Gasteiger partial charge in [0.05, 0.1) is 10.5 Å². The molecule has 0 saturated heterocycles. The third-order valence-corrected chi connectivity index (χ3v) is 5.14. The maximum absolute atomic E-state index is 13.1. The van der Waals surface area contributed by atoms with E-state index in [1.165, 1.54) is 18.2 Å². The maximum atomic E-state index is 13.1. The van der Waals surface area contributed by atoms with Gasteiger partial charge < -0.3 is 10.1 Å². The summed E-state index contributed by atoms with van der Waals surface area (Å²) in [6.45, 7) is 5.65. The van der Waals surface area contributed by atoms with Gasteiger partial charge in [-0.05, 0) is 24.1 Å². The summed E-state index contributed by atoms with van der Waals surface area (Å²) in [4.78, 5) is 39.0. The number of benzene rings is 2. The number of ketones is 1. The van der Waals surface area contributed by atoms with Crippen molar-refractivity contribution in [1.82, 2.24) is 4.98 Å². The van der Waals surface area contributed by atoms with Crippen molar-refractivity contribution in [2.75, 3.05) is 0 Å². The number of carboxylic acids is 1. The summed E-state index contributed by atoms with van der Waals surface area (Å²) in [7, 11) is 0. The number of para-hydroxylation sites is 1. The second-order valence-corrected chi connectivity index (χ2v) is 7.67. The first-order chi connectivity index (χ1) is 14.2. The highest BCUT2D eigenvalue weighted by Crippen LogP contribution is 2.33. The molecule has 0 aliphatic carbocycles. The number of nitrogens with zero attached hydrogens (tertiary/aromatic N) is 1. The minimum atomic E-state index is -1.09. The standard InChI is InChI=1S/C23H24N2O5/c1-4-7-17-21(22(26)13(2)3)20-15(11-16(23(27)28)12-18(20)24-17)10-14-8-5-6-9-19(14)25(29)30/h5-6,8-9,11-13,24H,4,7,10H2,1-3H3,(H,27,28). The van der Waals surface area contributed by atoms with E-state index in [0.717, 1.165) is 12.1 Å². The van der Waals surface area contributed by atoms with Crippen molar-refractivity contribution >= 4 is 28.3 Å². The summed E-state index contributed by atoms with van der Waals surface area (Å²) in [6.07, 6.45) is 1.61. The topological polar surface area (TPSA) is 113 Å². The molecule has 0 radical (unpaired) electrons. The molecule has 7 nitrogen and oxygen atoms in total. The van der Waals surface area contributed by atoms with Crippen LogP contribution in [-0.4, -0.2) is 26.8 Å². The van der Waals surface area contributed by atoms with Crippen LogP contribution in [0.3, 0.4) is 0 Å². The summed E-state index contributed by atoms with van der Waals surface area (Å²) in [5, 5.41) is 21.7. The zero-order valence-corrected chi connectivity index (χ0v) is 17.2. The van der Waals surface area contributed by atoms with Gasteiger partial charge in [-0.15, -0.1) is 0 Å². The van der Waals surface area contributed by atoms with Crippen molar-refractivity contribution in [3.8, 4) is 0 Å². The molecule has 0 amide bonds. The smallest absolute Gasteiger partial charge is 0.335 e. The molecule has 30 heavy (non-hydrogen) atoms. The molecule has 156 valence electrons. The van der Waals surface area contributed by atoms with E-state index in [4.69, 9.17) is 0 Å². The molecule has 3 rings (SSSR count). The number of aromatic carboxylic acids is 1. The summed E-state index contributed by atoms with van der Waals surface area (Å²) in [6, 6.07) is 9.42. The van der Waals surface area contributed by atoms with Crippen molar-refractivity contribution in [3.63, 3.8) is 0 Å². The molecule has 0 aliphatic heterocycles. The van der Waals surface area contributed by atoms with E-state index in [1.54, 1.807) is 18.2 Å². The fourth-order valence-electron chi connectivity index (χ4n) is 3.78. The van der Waals surface area contributed by atoms with Crippen LogP contribution < -0.4 is 0 Å². The van der Waals surface area contributed by atoms with E-state index < -0.39 is 10.9 Å². The Hall–Kier alpha value is -3.48. The number of nitro benzene ring substituents is 1. The molecular formula is C23H24N2O5. The average Bonchev–Trinajstić information content (AvgIpc) is 3.05. The van der Waals surface area contributed by atoms with Crippen LogP contribution in [-0.2, 0) is 12.8 Å². The lowest BCUT2D eigenvalue weighted by molar-refractivity contribution is -0.385. The first kappa shape index (κ1) is 21.2. The zero-order chi connectivity index (χ0) is 22.0. The number of hydrogen-bond acceptors (Lipinski definition) is 4. The number of nitro groups is 1. The molecule has 1 heterocycles. The van der Waals surface area contributed by atoms with Crippen LogP contribution in [0.5, 0.6) is 0 Å². The van der Waals surface area contributed by atoms with Crippen molar-refractivity contribution < 1.29 is 19.6 Å². The van der Waals surface area contributed by atoms with Crippen LogP contribution in [0.1, 0.15) is 64.7 Å². The van der Waals surface area contributed by atoms with Crippen molar-refractivity contribution in [2.24, 2.45) is 5.92 Å². The second-order valence-electron chi connectivity index (χ2n) is 7.67. The highest BCUT2D eigenvalue weighted by Gasteiger charge is 2.25. The lowest BCUT2D eigenvalue weighted by Gasteiger charge is -2.11. The molecule has 2 N–H and O–H groups in total. The van der Waals surface area contributed by atoms with Gasteiger partial charge in [0.25, 0.3) is 5.69 Å². The minimum absolute atomic E-state index is 0.0309. The first-order valence-electron chi connectivity index (χ1n) is 9.91. The normalized spacial score (nSPS) is 11.2. The molecule has 0 bridgehead atoms. The highest BCUT2D eigenvalue weighted by molar-refractivity contribution is 6.12. The molecule has 0 spiro atoms. The Labute approximate surface area is 173 Å². The predicted molar refractivity (Wildman–Crippen MR) is 114 cm³/mol. The van der Waals surface area contributed by atoms with Crippen LogP contribution in [0.15, 0.2) is 36.4 Å². The molecule has 0 unspecified atom stereocenters. The van der Waals surface area contributed by atoms with Gasteiger partial charge in [-0.2, -0.15) is 0 Å². The van der Waals surface area contributed by atoms with Crippen LogP contribution in [0, 0.1) is 16.0 Å². The van der Waals surface area contributed by atoms with Gasteiger partial charge in [0.1, 0.15) is 0 Å². The monoisotopic (exact) mass is 408 g/mol. The maximum Gasteiger partial charge on any atom is 0.335 e. The average molecular weight is 408 g/mol. The van der Waals surface area contributed by atoms with Crippen molar-refractivity contribution in [2.45, 2.75) is 40.0 Å². The molecule has 1 aromatic heterocycles. The quantitative estimate of drug-likeness (QED) is 0.304. The van der Waals surface area contributed by atoms with Crippen molar-refractivity contribution in [1.29, 1.82) is 0 Å². The third-order valence-electron chi connectivity index (χ3n) is 5.14. The van der Waals surface area contributed by atoms with Crippen LogP contribution in [0.25, 0.3) is 10.9 Å². The molecule has 0 fully saturated rings. The number of rotatable bonds is 8. The Kier molecular flexibility index (Phi) is 6.01. The molecule has 3 aromatic rings. The number of aromatic amines is 1. The SMILES string of the molecule is CCCc1[nH]c2cc(C(=O)O)cc(Cc3ccccc3[N+](=O)[O-])c2c1C(=O)C(C)C. The number of aryl methyl sites for hydroxylation is 1. The minimum Gasteiger partial charge on any atom is -0.478 e. The fourth-order valence-corrected chi connectivity index (χ4v) is 3.78. The van der Waals surface area contributed by atoms with E-state index in [9.17, 15) is 24.8 Å². The molecular weight excluding hydrogens is 384 g/mol. The van der Waals surface area contributed by atoms with E-state index in [2.05, 4.69) is 4.98 Å². The van der Waals surface area contributed by atoms with Gasteiger partial charge in [-0.1, -0.05) is 45.4 Å². The number of H-pyrrole nitrogens is 1. The summed E-state index contributed by atoms with van der Waals surface area (Å²) < 4.78 is 0. The molecule has 0 atom stereocenters. The van der Waals surface area contributed by atoms with E-state index in [-0.39, 0.29) is 29.4 Å². The largest absolute Gasteiger partial charge is 0.478 e. The lowest BCUT2D eigenvalue weighted by Crippen LogP contribution is -2.10. The second kappa shape index (κ2) is 8.49. The number of Topliss-reactive ketones (excluding diaryl/α,β-unsaturated/α-hetero) is 1. The van der Waals surface area contributed by atoms with Gasteiger partial charge in [0.15, 0.2) is 5.78 Å². The zero-order valence-electron chi connectivity index (χ0n) is 17.2. The third kappa shape index (κ3) is 3.96. The van der Waals surface area contributed by atoms with Gasteiger partial charge in [-0.3, -0.25) is 14.9 Å². The Bertz CT molecular complexity index is 1140. The summed E-state index contributed by atoms with van der Waals surface area (Å²) in [5.74, 6) is -1.36. The van der Waals surface area contributed by atoms with E-state index in [0.29, 0.717) is 34.0 Å². The van der Waals surface area contributed by atoms with E-state index >= 15 is 0 Å². The van der Waals surface area contributed by atoms with Crippen LogP contribution in [0.4, 0.5) is 5.69 Å². The number of aromatic nitrogens is 1. The molecule has 7 heteroatoms. The Morgan fingerprint density at radius 3 is 2.47 bits per heavy atom. The number of fused-ring (bicyclic) bond motifs is 1. The molecule has 0 aliphatic rings. The number of carbonyl (C=O) groups excluding carboxylic acids is 1. The van der Waals surface area contributed by atoms with Crippen LogP contribution >= 0.6 is 0 Å². The Balaban J connectivity index is 2.32. The number of carbonyl (C=O) groups is 2.